The summed E-state index contributed by atoms with van der Waals surface area (Å²) in [5, 5.41) is 5.76. The number of amides is 2. The number of aryl methyl sites for hydroxylation is 1. The monoisotopic (exact) mass is 482 g/mol. The number of nitrogens with zero attached hydrogens (tertiary/aromatic N) is 2. The lowest BCUT2D eigenvalue weighted by atomic mass is 10.2. The van der Waals surface area contributed by atoms with E-state index in [0.717, 1.165) is 29.3 Å². The van der Waals surface area contributed by atoms with Crippen molar-refractivity contribution in [2.75, 3.05) is 11.1 Å². The zero-order valence-corrected chi connectivity index (χ0v) is 18.9. The van der Waals surface area contributed by atoms with Crippen molar-refractivity contribution in [3.8, 4) is 5.69 Å². The number of aromatic nitrogens is 2. The highest BCUT2D eigenvalue weighted by molar-refractivity contribution is 7.99. The van der Waals surface area contributed by atoms with E-state index in [1.165, 1.54) is 6.07 Å². The van der Waals surface area contributed by atoms with E-state index in [1.807, 2.05) is 19.1 Å². The van der Waals surface area contributed by atoms with Crippen molar-refractivity contribution in [2.45, 2.75) is 18.6 Å². The highest BCUT2D eigenvalue weighted by atomic mass is 32.2. The number of benzene rings is 2. The molecule has 10 heteroatoms. The number of nitrogens with one attached hydrogen (secondary N) is 2. The molecule has 2 aromatic carbocycles. The summed E-state index contributed by atoms with van der Waals surface area (Å²) in [6.07, 6.45) is 3.32. The lowest BCUT2D eigenvalue weighted by Gasteiger charge is -2.09. The van der Waals surface area contributed by atoms with E-state index in [0.29, 0.717) is 29.1 Å². The fourth-order valence-electron chi connectivity index (χ4n) is 3.12. The molecule has 2 N–H and O–H groups in total. The molecular weight excluding hydrogens is 462 g/mol. The topological polar surface area (TPSA) is 89.2 Å². The zero-order valence-electron chi connectivity index (χ0n) is 18.0. The summed E-state index contributed by atoms with van der Waals surface area (Å²) in [4.78, 5) is 28.8. The van der Waals surface area contributed by atoms with Gasteiger partial charge >= 0.3 is 0 Å². The number of imidazole rings is 1. The standard InChI is InChI=1S/C24H20F2N4O3S/c1-15-2-8-19(33-15)13-28-23(32)16-3-6-18(7-4-16)30-11-10-27-24(30)34-14-22(31)29-21-9-5-17(25)12-20(21)26/h2-12H,13-14H2,1H3,(H,28,32)(H,29,31). The molecule has 34 heavy (non-hydrogen) atoms. The number of furan rings is 1. The normalized spacial score (nSPS) is 10.8. The Labute approximate surface area is 198 Å². The quantitative estimate of drug-likeness (QED) is 0.355. The van der Waals surface area contributed by atoms with E-state index in [2.05, 4.69) is 15.6 Å². The largest absolute Gasteiger partial charge is 0.465 e. The molecule has 0 atom stereocenters. The van der Waals surface area contributed by atoms with Crippen LogP contribution >= 0.6 is 11.8 Å². The van der Waals surface area contributed by atoms with Gasteiger partial charge in [0.15, 0.2) is 5.16 Å². The van der Waals surface area contributed by atoms with Crippen LogP contribution in [0.2, 0.25) is 0 Å². The van der Waals surface area contributed by atoms with Crippen LogP contribution in [-0.4, -0.2) is 27.1 Å². The molecule has 2 amide bonds. The van der Waals surface area contributed by atoms with Gasteiger partial charge in [0.25, 0.3) is 5.91 Å². The number of carbonyl (C=O) groups is 2. The minimum atomic E-state index is -0.844. The van der Waals surface area contributed by atoms with Gasteiger partial charge in [-0.05, 0) is 55.5 Å². The van der Waals surface area contributed by atoms with Gasteiger partial charge in [-0.25, -0.2) is 13.8 Å². The molecule has 0 unspecified atom stereocenters. The van der Waals surface area contributed by atoms with Gasteiger partial charge < -0.3 is 15.1 Å². The van der Waals surface area contributed by atoms with Gasteiger partial charge in [-0.15, -0.1) is 0 Å². The first-order chi connectivity index (χ1) is 16.4. The highest BCUT2D eigenvalue weighted by Gasteiger charge is 2.13. The molecule has 4 rings (SSSR count). The van der Waals surface area contributed by atoms with E-state index in [4.69, 9.17) is 4.42 Å². The summed E-state index contributed by atoms with van der Waals surface area (Å²) in [5.41, 5.74) is 1.15. The molecule has 4 aromatic rings. The molecule has 0 fully saturated rings. The van der Waals surface area contributed by atoms with Crippen LogP contribution in [0.25, 0.3) is 5.69 Å². The molecule has 0 spiro atoms. The third kappa shape index (κ3) is 5.70. The number of carbonyl (C=O) groups excluding carboxylic acids is 2. The Morgan fingerprint density at radius 2 is 1.88 bits per heavy atom. The van der Waals surface area contributed by atoms with Crippen molar-refractivity contribution in [1.29, 1.82) is 0 Å². The van der Waals surface area contributed by atoms with Crippen molar-refractivity contribution >= 4 is 29.3 Å². The van der Waals surface area contributed by atoms with Gasteiger partial charge in [0.05, 0.1) is 18.0 Å². The summed E-state index contributed by atoms with van der Waals surface area (Å²) in [7, 11) is 0. The van der Waals surface area contributed by atoms with Crippen molar-refractivity contribution in [3.05, 3.63) is 95.7 Å². The Balaban J connectivity index is 1.35. The molecule has 2 heterocycles. The number of anilines is 1. The first kappa shape index (κ1) is 23.2. The SMILES string of the molecule is Cc1ccc(CNC(=O)c2ccc(-n3ccnc3SCC(=O)Nc3ccc(F)cc3F)cc2)o1. The van der Waals surface area contributed by atoms with E-state index >= 15 is 0 Å². The molecule has 0 aliphatic rings. The highest BCUT2D eigenvalue weighted by Crippen LogP contribution is 2.22. The minimum Gasteiger partial charge on any atom is -0.465 e. The zero-order chi connectivity index (χ0) is 24.1. The fourth-order valence-corrected chi connectivity index (χ4v) is 3.90. The predicted octanol–water partition coefficient (Wildman–Crippen LogP) is 4.71. The van der Waals surface area contributed by atoms with Crippen LogP contribution in [-0.2, 0) is 11.3 Å². The number of hydrogen-bond donors (Lipinski definition) is 2. The van der Waals surface area contributed by atoms with Gasteiger partial charge in [0.1, 0.15) is 23.2 Å². The summed E-state index contributed by atoms with van der Waals surface area (Å²) in [5.74, 6) is -0.822. The molecule has 0 saturated heterocycles. The lowest BCUT2D eigenvalue weighted by molar-refractivity contribution is -0.113. The van der Waals surface area contributed by atoms with Gasteiger partial charge in [-0.3, -0.25) is 14.2 Å². The summed E-state index contributed by atoms with van der Waals surface area (Å²) in [6.45, 7) is 2.13. The summed E-state index contributed by atoms with van der Waals surface area (Å²) < 4.78 is 33.9. The van der Waals surface area contributed by atoms with Crippen LogP contribution in [0.15, 0.2) is 76.6 Å². The third-order valence-electron chi connectivity index (χ3n) is 4.77. The maximum atomic E-state index is 13.7. The Morgan fingerprint density at radius 3 is 2.59 bits per heavy atom. The van der Waals surface area contributed by atoms with E-state index < -0.39 is 17.5 Å². The molecule has 0 bridgehead atoms. The lowest BCUT2D eigenvalue weighted by Crippen LogP contribution is -2.22. The van der Waals surface area contributed by atoms with Crippen molar-refractivity contribution < 1.29 is 22.8 Å². The molecule has 7 nitrogen and oxygen atoms in total. The summed E-state index contributed by atoms with van der Waals surface area (Å²) >= 11 is 1.16. The first-order valence-corrected chi connectivity index (χ1v) is 11.2. The summed E-state index contributed by atoms with van der Waals surface area (Å²) in [6, 6.07) is 13.5. The second-order valence-electron chi connectivity index (χ2n) is 7.28. The number of thioether (sulfide) groups is 1. The average molecular weight is 483 g/mol. The third-order valence-corrected chi connectivity index (χ3v) is 5.74. The van der Waals surface area contributed by atoms with Gasteiger partial charge in [-0.2, -0.15) is 0 Å². The molecule has 0 aliphatic carbocycles. The molecular formula is C24H20F2N4O3S. The Morgan fingerprint density at radius 1 is 1.09 bits per heavy atom. The van der Waals surface area contributed by atoms with Gasteiger partial charge in [0, 0.05) is 29.7 Å². The van der Waals surface area contributed by atoms with Crippen LogP contribution in [0.5, 0.6) is 0 Å². The fraction of sp³-hybridized carbons (Fsp3) is 0.125. The van der Waals surface area contributed by atoms with Crippen LogP contribution in [0.4, 0.5) is 14.5 Å². The van der Waals surface area contributed by atoms with Crippen molar-refractivity contribution in [2.24, 2.45) is 0 Å². The molecule has 0 aliphatic heterocycles. The molecule has 0 radical (unpaired) electrons. The van der Waals surface area contributed by atoms with Gasteiger partial charge in [-0.1, -0.05) is 11.8 Å². The Kier molecular flexibility index (Phi) is 7.07. The molecule has 2 aromatic heterocycles. The van der Waals surface area contributed by atoms with E-state index in [-0.39, 0.29) is 17.3 Å². The maximum absolute atomic E-state index is 13.7. The molecule has 0 saturated carbocycles. The van der Waals surface area contributed by atoms with Crippen molar-refractivity contribution in [1.82, 2.24) is 14.9 Å². The second kappa shape index (κ2) is 10.3. The second-order valence-corrected chi connectivity index (χ2v) is 8.23. The first-order valence-electron chi connectivity index (χ1n) is 10.2. The Hall–Kier alpha value is -3.92. The maximum Gasteiger partial charge on any atom is 0.251 e. The van der Waals surface area contributed by atoms with Crippen molar-refractivity contribution in [3.63, 3.8) is 0 Å². The van der Waals surface area contributed by atoms with Crippen LogP contribution < -0.4 is 10.6 Å². The smallest absolute Gasteiger partial charge is 0.251 e. The van der Waals surface area contributed by atoms with Crippen LogP contribution in [0, 0.1) is 18.6 Å². The van der Waals surface area contributed by atoms with Crippen LogP contribution in [0.3, 0.4) is 0 Å². The van der Waals surface area contributed by atoms with Crippen LogP contribution in [0.1, 0.15) is 21.9 Å². The predicted molar refractivity (Wildman–Crippen MR) is 124 cm³/mol. The Bertz CT molecular complexity index is 1320. The molecule has 174 valence electrons. The number of hydrogen-bond acceptors (Lipinski definition) is 5. The van der Waals surface area contributed by atoms with Gasteiger partial charge in [0.2, 0.25) is 5.91 Å². The van der Waals surface area contributed by atoms with E-state index in [1.54, 1.807) is 41.2 Å². The number of halogens is 2. The minimum absolute atomic E-state index is 0.0272. The average Bonchev–Trinajstić information content (AvgIpc) is 3.47. The number of rotatable bonds is 8. The van der Waals surface area contributed by atoms with E-state index in [9.17, 15) is 18.4 Å².